The van der Waals surface area contributed by atoms with Crippen molar-refractivity contribution in [3.8, 4) is 5.75 Å². The third-order valence-corrected chi connectivity index (χ3v) is 5.17. The van der Waals surface area contributed by atoms with Crippen molar-refractivity contribution in [1.82, 2.24) is 0 Å². The molecule has 0 amide bonds. The van der Waals surface area contributed by atoms with Gasteiger partial charge in [-0.3, -0.25) is 0 Å². The van der Waals surface area contributed by atoms with E-state index in [1.54, 1.807) is 6.07 Å². The van der Waals surface area contributed by atoms with Gasteiger partial charge in [-0.25, -0.2) is 0 Å². The van der Waals surface area contributed by atoms with Crippen molar-refractivity contribution in [3.63, 3.8) is 0 Å². The van der Waals surface area contributed by atoms with Crippen LogP contribution in [0.15, 0.2) is 22.6 Å². The Bertz CT molecular complexity index is 834. The molecule has 1 fully saturated rings. The third kappa shape index (κ3) is 2.96. The van der Waals surface area contributed by atoms with Crippen molar-refractivity contribution in [2.24, 2.45) is 0 Å². The number of para-hydroxylation sites is 1. The molecule has 1 atom stereocenters. The molecule has 1 aliphatic carbocycles. The average Bonchev–Trinajstić information content (AvgIpc) is 3.03. The number of rotatable bonds is 2. The van der Waals surface area contributed by atoms with Crippen LogP contribution < -0.4 is 4.18 Å². The molecule has 1 aliphatic heterocycles. The van der Waals surface area contributed by atoms with Crippen molar-refractivity contribution in [3.05, 3.63) is 29.5 Å². The van der Waals surface area contributed by atoms with Crippen LogP contribution in [0.25, 0.3) is 11.0 Å². The first kappa shape index (κ1) is 17.3. The second-order valence-corrected chi connectivity index (χ2v) is 7.83. The summed E-state index contributed by atoms with van der Waals surface area (Å²) in [5.74, 6) is 1.22. The summed E-state index contributed by atoms with van der Waals surface area (Å²) in [5.41, 5.74) is 1.75. The van der Waals surface area contributed by atoms with E-state index in [0.717, 1.165) is 49.7 Å². The molecular weight excluding hydrogens is 327 g/mol. The predicted molar refractivity (Wildman–Crippen MR) is 87.5 cm³/mol. The van der Waals surface area contributed by atoms with Crippen molar-refractivity contribution in [2.45, 2.75) is 31.1 Å². The van der Waals surface area contributed by atoms with E-state index in [4.69, 9.17) is 13.3 Å². The normalized spacial score (nSPS) is 23.7. The van der Waals surface area contributed by atoms with Gasteiger partial charge < -0.3 is 13.3 Å². The van der Waals surface area contributed by atoms with Gasteiger partial charge in [0.2, 0.25) is 0 Å². The molecule has 0 N–H and O–H groups in total. The minimum absolute atomic E-state index is 0. The Morgan fingerprint density at radius 3 is 2.78 bits per heavy atom. The van der Waals surface area contributed by atoms with Crippen LogP contribution in [0, 0.1) is 0 Å². The maximum absolute atomic E-state index is 11.5. The van der Waals surface area contributed by atoms with Crippen LogP contribution in [0.3, 0.4) is 0 Å². The first-order valence-electron chi connectivity index (χ1n) is 7.51. The van der Waals surface area contributed by atoms with E-state index in [1.807, 2.05) is 12.1 Å². The van der Waals surface area contributed by atoms with Gasteiger partial charge in [0.15, 0.2) is 11.3 Å². The fourth-order valence-electron chi connectivity index (χ4n) is 3.84. The minimum atomic E-state index is -3.58. The molecule has 2 heterocycles. The topological polar surface area (TPSA) is 65.7 Å². The van der Waals surface area contributed by atoms with E-state index in [0.29, 0.717) is 12.2 Å². The number of aryl methyl sites for hydroxylation is 1. The SMILES string of the molecule is CS(=O)(=O)Oc1cccc2c3c(oc12)CCCC31CCOC1.[Na]. The van der Waals surface area contributed by atoms with Gasteiger partial charge in [0.1, 0.15) is 5.76 Å². The quantitative estimate of drug-likeness (QED) is 0.618. The number of furan rings is 1. The second-order valence-electron chi connectivity index (χ2n) is 6.26. The monoisotopic (exact) mass is 345 g/mol. The van der Waals surface area contributed by atoms with E-state index >= 15 is 0 Å². The number of benzene rings is 1. The van der Waals surface area contributed by atoms with Crippen molar-refractivity contribution >= 4 is 50.6 Å². The van der Waals surface area contributed by atoms with E-state index in [-0.39, 0.29) is 40.7 Å². The van der Waals surface area contributed by atoms with E-state index < -0.39 is 10.1 Å². The zero-order valence-electron chi connectivity index (χ0n) is 13.4. The van der Waals surface area contributed by atoms with E-state index in [1.165, 1.54) is 5.56 Å². The van der Waals surface area contributed by atoms with Gasteiger partial charge >= 0.3 is 10.1 Å². The summed E-state index contributed by atoms with van der Waals surface area (Å²) in [7, 11) is -3.58. The van der Waals surface area contributed by atoms with Crippen LogP contribution in [0.5, 0.6) is 5.75 Å². The second kappa shape index (κ2) is 6.08. The van der Waals surface area contributed by atoms with Crippen LogP contribution >= 0.6 is 0 Å². The van der Waals surface area contributed by atoms with E-state index in [9.17, 15) is 8.42 Å². The van der Waals surface area contributed by atoms with E-state index in [2.05, 4.69) is 0 Å². The van der Waals surface area contributed by atoms with Gasteiger partial charge in [-0.05, 0) is 25.3 Å². The Morgan fingerprint density at radius 2 is 2.09 bits per heavy atom. The summed E-state index contributed by atoms with van der Waals surface area (Å²) in [6.45, 7) is 1.48. The summed E-state index contributed by atoms with van der Waals surface area (Å²) >= 11 is 0. The number of ether oxygens (including phenoxy) is 1. The molecule has 2 aromatic rings. The maximum atomic E-state index is 11.5. The Morgan fingerprint density at radius 1 is 1.26 bits per heavy atom. The molecule has 1 unspecified atom stereocenters. The van der Waals surface area contributed by atoms with Gasteiger partial charge in [-0.2, -0.15) is 8.42 Å². The smallest absolute Gasteiger partial charge is 0.306 e. The molecule has 7 heteroatoms. The molecule has 4 rings (SSSR count). The molecule has 1 aromatic carbocycles. The Labute approximate surface area is 157 Å². The van der Waals surface area contributed by atoms with Crippen LogP contribution in [0.4, 0.5) is 0 Å². The summed E-state index contributed by atoms with van der Waals surface area (Å²) in [6, 6.07) is 5.44. The Hall–Kier alpha value is -0.530. The zero-order chi connectivity index (χ0) is 15.4. The summed E-state index contributed by atoms with van der Waals surface area (Å²) in [6.07, 6.45) is 5.07. The zero-order valence-corrected chi connectivity index (χ0v) is 16.2. The standard InChI is InChI=1S/C16H18O5S.Na/c1-22(17,18)21-13-5-2-4-11-14-12(20-15(11)13)6-3-7-16(14)8-9-19-10-16;/h2,4-5H,3,6-10H2,1H3;. The maximum Gasteiger partial charge on any atom is 0.306 e. The van der Waals surface area contributed by atoms with Crippen LogP contribution in [-0.4, -0.2) is 57.4 Å². The fourth-order valence-corrected chi connectivity index (χ4v) is 4.30. The first-order valence-corrected chi connectivity index (χ1v) is 9.32. The molecule has 2 aliphatic rings. The largest absolute Gasteiger partial charge is 0.457 e. The predicted octanol–water partition coefficient (Wildman–Crippen LogP) is 2.38. The summed E-state index contributed by atoms with van der Waals surface area (Å²) in [5, 5.41) is 0.960. The van der Waals surface area contributed by atoms with Gasteiger partial charge in [-0.15, -0.1) is 0 Å². The minimum Gasteiger partial charge on any atom is -0.457 e. The summed E-state index contributed by atoms with van der Waals surface area (Å²) < 4.78 is 39.7. The molecule has 1 saturated heterocycles. The molecular formula is C16H18NaO5S. The average molecular weight is 345 g/mol. The molecule has 0 bridgehead atoms. The van der Waals surface area contributed by atoms with Crippen LogP contribution in [0.2, 0.25) is 0 Å². The molecule has 23 heavy (non-hydrogen) atoms. The van der Waals surface area contributed by atoms with Crippen molar-refractivity contribution in [2.75, 3.05) is 19.5 Å². The van der Waals surface area contributed by atoms with Gasteiger partial charge in [0.05, 0.1) is 12.9 Å². The van der Waals surface area contributed by atoms with Crippen molar-refractivity contribution in [1.29, 1.82) is 0 Å². The molecule has 1 spiro atoms. The Kier molecular flexibility index (Phi) is 4.57. The molecule has 0 saturated carbocycles. The fraction of sp³-hybridized carbons (Fsp3) is 0.500. The molecule has 119 valence electrons. The third-order valence-electron chi connectivity index (χ3n) is 4.69. The number of hydrogen-bond acceptors (Lipinski definition) is 5. The molecule has 1 aromatic heterocycles. The first-order chi connectivity index (χ1) is 10.5. The molecule has 1 radical (unpaired) electrons. The molecule has 5 nitrogen and oxygen atoms in total. The summed E-state index contributed by atoms with van der Waals surface area (Å²) in [4.78, 5) is 0. The Balaban J connectivity index is 0.00000156. The number of hydrogen-bond donors (Lipinski definition) is 0. The van der Waals surface area contributed by atoms with Gasteiger partial charge in [-0.1, -0.05) is 12.1 Å². The van der Waals surface area contributed by atoms with Gasteiger partial charge in [0, 0.05) is 58.9 Å². The number of fused-ring (bicyclic) bond motifs is 4. The van der Waals surface area contributed by atoms with Crippen molar-refractivity contribution < 1.29 is 21.8 Å². The van der Waals surface area contributed by atoms with Crippen LogP contribution in [-0.2, 0) is 26.7 Å². The van der Waals surface area contributed by atoms with Crippen LogP contribution in [0.1, 0.15) is 30.6 Å². The van der Waals surface area contributed by atoms with Gasteiger partial charge in [0.25, 0.3) is 0 Å².